The van der Waals surface area contributed by atoms with Crippen LogP contribution in [0.3, 0.4) is 0 Å². The lowest BCUT2D eigenvalue weighted by Crippen LogP contribution is -2.23. The summed E-state index contributed by atoms with van der Waals surface area (Å²) in [5.74, 6) is 0.321. The Morgan fingerprint density at radius 3 is 0.867 bits per heavy atom. The van der Waals surface area contributed by atoms with Crippen molar-refractivity contribution in [2.75, 3.05) is 0 Å². The van der Waals surface area contributed by atoms with Crippen molar-refractivity contribution in [3.8, 4) is 0 Å². The van der Waals surface area contributed by atoms with Crippen molar-refractivity contribution in [2.24, 2.45) is 57.6 Å². The summed E-state index contributed by atoms with van der Waals surface area (Å²) in [7, 11) is 0. The molecule has 0 aromatic carbocycles. The van der Waals surface area contributed by atoms with E-state index in [0.717, 1.165) is 37.0 Å². The molecule has 4 rings (SSSR count). The standard InChI is InChI=1S/C11H20.C7H14.2C6H11F3.C6H12.C6H14.2C5H12.3C4H10.C3H8.C2H6/c1-10-4-8-11(9-5-10)6-2-3-7-11;1-7-5-3-2-4-6-7;2*1-3-5(2)4-6(7,8)9;1-6-4-2-3-5-6;1-5-6(2,3)4;1-5(2,3)4;1-4-5(2)3;1-4(2)3;2*1-3-4-2;1-3-2;1-2/h10H,2-9H2,1H3;7H,2-6H2,1H3;2*5H,3-4H2,1-2H3;6H,2-5H2,1H3;5H2,1-4H3;1-4H3;5H,4H2,1-3H3;4H,1-3H3;2*3-4H2,1-2H3;3H2,1-2H3;1-2H3/i;7D;;;6D;5D2;;4D2;4D;3D2;;;. The third-order valence-electron chi connectivity index (χ3n) is 11.9. The van der Waals surface area contributed by atoms with Crippen LogP contribution in [0.25, 0.3) is 0 Å². The van der Waals surface area contributed by atoms with E-state index in [1.165, 1.54) is 77.0 Å². The predicted molar refractivity (Wildman–Crippen MR) is 338 cm³/mol. The van der Waals surface area contributed by atoms with E-state index < -0.39 is 44.3 Å². The van der Waals surface area contributed by atoms with Gasteiger partial charge in [-0.25, -0.2) is 0 Å². The monoisotopic (exact) mass is 1100 g/mol. The van der Waals surface area contributed by atoms with E-state index in [-0.39, 0.29) is 40.9 Å². The predicted octanol–water partition coefficient (Wildman–Crippen LogP) is 28.8. The lowest BCUT2D eigenvalue weighted by atomic mass is 9.70. The van der Waals surface area contributed by atoms with Crippen LogP contribution >= 0.6 is 0 Å². The topological polar surface area (TPSA) is 0 Å². The molecular formula is C69H150F6. The molecule has 2 atom stereocenters. The summed E-state index contributed by atoms with van der Waals surface area (Å²) in [6.45, 7) is 56.2. The summed E-state index contributed by atoms with van der Waals surface area (Å²) in [6, 6.07) is 0. The van der Waals surface area contributed by atoms with Crippen molar-refractivity contribution in [3.63, 3.8) is 0 Å². The van der Waals surface area contributed by atoms with Gasteiger partial charge in [0.2, 0.25) is 0 Å². The number of unbranched alkanes of at least 4 members (excludes halogenated alkanes) is 1. The molecule has 0 aromatic rings. The van der Waals surface area contributed by atoms with Crippen molar-refractivity contribution in [1.29, 1.82) is 0 Å². The number of hydrogen-bond acceptors (Lipinski definition) is 0. The first-order chi connectivity index (χ1) is 37.2. The second kappa shape index (κ2) is 62.8. The van der Waals surface area contributed by atoms with E-state index >= 15 is 0 Å². The number of rotatable bonds is 7. The average molecular weight is 1100 g/mol. The van der Waals surface area contributed by atoms with Crippen LogP contribution in [0.5, 0.6) is 0 Å². The minimum absolute atomic E-state index is 0.0556. The third-order valence-corrected chi connectivity index (χ3v) is 11.9. The molecule has 0 amide bonds. The van der Waals surface area contributed by atoms with Gasteiger partial charge >= 0.3 is 12.4 Å². The van der Waals surface area contributed by atoms with Crippen LogP contribution in [0.2, 0.25) is 0 Å². The summed E-state index contributed by atoms with van der Waals surface area (Å²) in [6.07, 6.45) is 16.6. The fraction of sp³-hybridized carbons (Fsp3) is 1.00. The molecular weight excluding hydrogens is 943 g/mol. The van der Waals surface area contributed by atoms with E-state index in [2.05, 4.69) is 62.3 Å². The molecule has 4 aliphatic carbocycles. The van der Waals surface area contributed by atoms with Gasteiger partial charge in [-0.2, -0.15) is 26.3 Å². The Balaban J connectivity index is -0.000000105. The minimum Gasteiger partial charge on any atom is -0.171 e. The Bertz CT molecular complexity index is 1270. The number of hydrogen-bond donors (Lipinski definition) is 0. The number of alkyl halides is 6. The van der Waals surface area contributed by atoms with Crippen LogP contribution in [0.15, 0.2) is 0 Å². The maximum atomic E-state index is 11.5. The van der Waals surface area contributed by atoms with E-state index in [1.807, 2.05) is 90.0 Å². The molecule has 4 aliphatic rings. The average Bonchev–Trinajstić information content (AvgIpc) is 3.94. The normalized spacial score (nSPS) is 20.1. The van der Waals surface area contributed by atoms with Gasteiger partial charge < -0.3 is 0 Å². The molecule has 1 spiro atoms. The summed E-state index contributed by atoms with van der Waals surface area (Å²) in [5, 5.41) is 0. The van der Waals surface area contributed by atoms with Gasteiger partial charge in [-0.1, -0.05) is 342 Å². The van der Waals surface area contributed by atoms with Crippen LogP contribution < -0.4 is 0 Å². The van der Waals surface area contributed by atoms with Crippen LogP contribution in [-0.2, 0) is 0 Å². The van der Waals surface area contributed by atoms with E-state index in [1.54, 1.807) is 74.1 Å². The summed E-state index contributed by atoms with van der Waals surface area (Å²) < 4.78 is 133. The van der Waals surface area contributed by atoms with Gasteiger partial charge in [-0.3, -0.25) is 0 Å². The van der Waals surface area contributed by atoms with E-state index in [0.29, 0.717) is 24.7 Å². The Hall–Kier alpha value is -0.420. The van der Waals surface area contributed by atoms with Crippen molar-refractivity contribution in [3.05, 3.63) is 0 Å². The summed E-state index contributed by atoms with van der Waals surface area (Å²) in [4.78, 5) is 0. The largest absolute Gasteiger partial charge is 0.389 e. The molecule has 0 bridgehead atoms. The van der Waals surface area contributed by atoms with Gasteiger partial charge in [-0.05, 0) is 83.3 Å². The Labute approximate surface area is 487 Å². The Morgan fingerprint density at radius 2 is 0.733 bits per heavy atom. The highest BCUT2D eigenvalue weighted by atomic mass is 19.4. The third kappa shape index (κ3) is 118. The second-order valence-corrected chi connectivity index (χ2v) is 25.1. The van der Waals surface area contributed by atoms with Gasteiger partial charge in [-0.15, -0.1) is 0 Å². The summed E-state index contributed by atoms with van der Waals surface area (Å²) in [5.41, 5.74) is 1.12. The van der Waals surface area contributed by atoms with Gasteiger partial charge in [0.25, 0.3) is 0 Å². The van der Waals surface area contributed by atoms with Crippen molar-refractivity contribution >= 4 is 0 Å². The molecule has 4 saturated carbocycles. The molecule has 0 heterocycles. The molecule has 75 heavy (non-hydrogen) atoms. The van der Waals surface area contributed by atoms with Gasteiger partial charge in [0.15, 0.2) is 0 Å². The quantitative estimate of drug-likeness (QED) is 0.223. The maximum Gasteiger partial charge on any atom is 0.389 e. The molecule has 0 aromatic heterocycles. The van der Waals surface area contributed by atoms with E-state index in [4.69, 9.17) is 12.3 Å². The lowest BCUT2D eigenvalue weighted by Gasteiger charge is -2.36. The molecule has 0 aliphatic heterocycles. The summed E-state index contributed by atoms with van der Waals surface area (Å²) >= 11 is 0. The zero-order chi connectivity index (χ0) is 69.5. The van der Waals surface area contributed by atoms with Gasteiger partial charge in [0, 0.05) is 25.2 Å². The fourth-order valence-electron chi connectivity index (χ4n) is 6.21. The van der Waals surface area contributed by atoms with Gasteiger partial charge in [0.1, 0.15) is 0 Å². The highest BCUT2D eigenvalue weighted by molar-refractivity contribution is 4.88. The fourth-order valence-corrected chi connectivity index (χ4v) is 6.21. The first kappa shape index (κ1) is 72.6. The van der Waals surface area contributed by atoms with Crippen molar-refractivity contribution in [2.45, 2.75) is 393 Å². The molecule has 0 N–H and O–H groups in total. The minimum atomic E-state index is -3.98. The highest BCUT2D eigenvalue weighted by Gasteiger charge is 2.36. The second-order valence-electron chi connectivity index (χ2n) is 25.1. The Morgan fingerprint density at radius 1 is 0.493 bits per heavy atom. The highest BCUT2D eigenvalue weighted by Crippen LogP contribution is 2.50. The molecule has 0 radical (unpaired) electrons. The molecule has 4 fully saturated rings. The number of halogens is 6. The Kier molecular flexibility index (Phi) is 60.8. The van der Waals surface area contributed by atoms with Crippen molar-refractivity contribution < 1.29 is 38.7 Å². The lowest BCUT2D eigenvalue weighted by molar-refractivity contribution is -0.144. The maximum absolute atomic E-state index is 11.5. The first-order valence-electron chi connectivity index (χ1n) is 35.3. The zero-order valence-corrected chi connectivity index (χ0v) is 56.8. The van der Waals surface area contributed by atoms with Crippen LogP contribution in [0.1, 0.15) is 393 Å². The smallest absolute Gasteiger partial charge is 0.171 e. The van der Waals surface area contributed by atoms with Gasteiger partial charge in [0.05, 0.1) is 0 Å². The zero-order valence-electron chi connectivity index (χ0n) is 65.8. The van der Waals surface area contributed by atoms with Crippen LogP contribution in [-0.4, -0.2) is 12.4 Å². The molecule has 6 heteroatoms. The first-order valence-corrected chi connectivity index (χ1v) is 30.8. The van der Waals surface area contributed by atoms with Crippen molar-refractivity contribution in [1.82, 2.24) is 0 Å². The molecule has 0 saturated heterocycles. The van der Waals surface area contributed by atoms with E-state index in [9.17, 15) is 26.3 Å². The SMILES string of the molecule is CC.CC(C)(C)C.CC1CCC2(CCCC2)CC1.CCC.CCC(C)CC(F)(F)F.CCC(C)CC(F)(F)F.CCCC.[2H]C(C)(C)C.[2H]C([2H])(C)C(C)(C)C.[2H]C([2H])(C)C(C)C.[2H]C([2H])(C)CC.[2H]C1(C)CCCC1.[2H]C1(C)CCCCC1. The van der Waals surface area contributed by atoms with Crippen LogP contribution in [0, 0.1) is 57.6 Å². The molecule has 468 valence electrons. The van der Waals surface area contributed by atoms with Crippen LogP contribution in [0.4, 0.5) is 26.3 Å². The molecule has 0 nitrogen and oxygen atoms in total. The molecule has 2 unspecified atom stereocenters.